The highest BCUT2D eigenvalue weighted by Crippen LogP contribution is 2.43. The van der Waals surface area contributed by atoms with Crippen molar-refractivity contribution >= 4 is 17.0 Å². The van der Waals surface area contributed by atoms with Crippen LogP contribution in [0.1, 0.15) is 18.4 Å². The van der Waals surface area contributed by atoms with Crippen LogP contribution in [0.15, 0.2) is 24.5 Å². The van der Waals surface area contributed by atoms with Crippen LogP contribution in [0.2, 0.25) is 0 Å². The molecule has 0 saturated heterocycles. The van der Waals surface area contributed by atoms with E-state index in [1.54, 1.807) is 6.33 Å². The molecule has 0 radical (unpaired) electrons. The summed E-state index contributed by atoms with van der Waals surface area (Å²) in [6, 6.07) is 5.53. The lowest BCUT2D eigenvalue weighted by Crippen LogP contribution is -2.54. The topological polar surface area (TPSA) is 92.0 Å². The molecular weight excluding hydrogens is 218 g/mol. The van der Waals surface area contributed by atoms with Gasteiger partial charge in [-0.1, -0.05) is 6.07 Å². The molecule has 0 unspecified atom stereocenters. The van der Waals surface area contributed by atoms with Crippen molar-refractivity contribution in [2.45, 2.75) is 24.3 Å². The Kier molecular flexibility index (Phi) is 2.00. The molecule has 3 rings (SSSR count). The molecule has 1 saturated carbocycles. The van der Waals surface area contributed by atoms with Crippen LogP contribution in [0.4, 0.5) is 0 Å². The number of nitrogens with zero attached hydrogens (tertiary/aromatic N) is 1. The zero-order chi connectivity index (χ0) is 12.0. The van der Waals surface area contributed by atoms with Crippen LogP contribution in [0.25, 0.3) is 11.0 Å². The van der Waals surface area contributed by atoms with Gasteiger partial charge >= 0.3 is 5.97 Å². The molecule has 1 aliphatic carbocycles. The van der Waals surface area contributed by atoms with Gasteiger partial charge in [0.05, 0.1) is 22.8 Å². The lowest BCUT2D eigenvalue weighted by Gasteiger charge is -2.42. The van der Waals surface area contributed by atoms with Crippen LogP contribution in [0.5, 0.6) is 0 Å². The Balaban J connectivity index is 2.09. The van der Waals surface area contributed by atoms with E-state index in [2.05, 4.69) is 9.97 Å². The molecule has 0 spiro atoms. The average molecular weight is 231 g/mol. The van der Waals surface area contributed by atoms with Gasteiger partial charge in [0.2, 0.25) is 0 Å². The summed E-state index contributed by atoms with van der Waals surface area (Å²) in [5.74, 6) is -0.793. The molecule has 1 heterocycles. The third kappa shape index (κ3) is 1.36. The number of hydrogen-bond acceptors (Lipinski definition) is 3. The van der Waals surface area contributed by atoms with Crippen molar-refractivity contribution in [1.82, 2.24) is 9.97 Å². The number of benzene rings is 1. The van der Waals surface area contributed by atoms with E-state index in [0.717, 1.165) is 16.6 Å². The minimum absolute atomic E-state index is 0.0106. The summed E-state index contributed by atoms with van der Waals surface area (Å²) < 4.78 is 0. The summed E-state index contributed by atoms with van der Waals surface area (Å²) in [6.07, 6.45) is 2.61. The Labute approximate surface area is 97.7 Å². The first-order valence-corrected chi connectivity index (χ1v) is 5.54. The quantitative estimate of drug-likeness (QED) is 0.719. The predicted octanol–water partition coefficient (Wildman–Crippen LogP) is 1.01. The summed E-state index contributed by atoms with van der Waals surface area (Å²) in [7, 11) is 0. The molecule has 17 heavy (non-hydrogen) atoms. The van der Waals surface area contributed by atoms with Gasteiger partial charge in [-0.2, -0.15) is 0 Å². The maximum Gasteiger partial charge on any atom is 0.314 e. The molecule has 0 bridgehead atoms. The monoisotopic (exact) mass is 231 g/mol. The fourth-order valence-corrected chi connectivity index (χ4v) is 2.60. The van der Waals surface area contributed by atoms with E-state index in [1.807, 2.05) is 18.2 Å². The minimum Gasteiger partial charge on any atom is -0.481 e. The van der Waals surface area contributed by atoms with Gasteiger partial charge in [0.15, 0.2) is 0 Å². The van der Waals surface area contributed by atoms with E-state index in [0.29, 0.717) is 12.8 Å². The Morgan fingerprint density at radius 1 is 1.53 bits per heavy atom. The Bertz CT molecular complexity index is 584. The van der Waals surface area contributed by atoms with Crippen molar-refractivity contribution in [3.63, 3.8) is 0 Å². The lowest BCUT2D eigenvalue weighted by atomic mass is 9.62. The number of aliphatic carboxylic acids is 1. The van der Waals surface area contributed by atoms with E-state index in [1.165, 1.54) is 0 Å². The second-order valence-corrected chi connectivity index (χ2v) is 4.69. The molecule has 1 fully saturated rings. The summed E-state index contributed by atoms with van der Waals surface area (Å²) in [5, 5.41) is 9.40. The number of aromatic nitrogens is 2. The maximum absolute atomic E-state index is 11.4. The normalized spacial score (nSPS) is 27.9. The van der Waals surface area contributed by atoms with Crippen LogP contribution in [-0.2, 0) is 10.2 Å². The van der Waals surface area contributed by atoms with Gasteiger partial charge in [-0.05, 0) is 30.5 Å². The Morgan fingerprint density at radius 3 is 2.94 bits per heavy atom. The predicted molar refractivity (Wildman–Crippen MR) is 62.6 cm³/mol. The maximum atomic E-state index is 11.4. The van der Waals surface area contributed by atoms with Crippen molar-refractivity contribution in [3.05, 3.63) is 30.1 Å². The molecule has 1 aromatic carbocycles. The number of rotatable bonds is 2. The number of carboxylic acids is 1. The second kappa shape index (κ2) is 3.30. The van der Waals surface area contributed by atoms with Gasteiger partial charge in [0.1, 0.15) is 0 Å². The van der Waals surface area contributed by atoms with Crippen LogP contribution in [-0.4, -0.2) is 27.1 Å². The van der Waals surface area contributed by atoms with Gasteiger partial charge in [0, 0.05) is 6.04 Å². The molecule has 1 aliphatic rings. The minimum atomic E-state index is -0.807. The smallest absolute Gasteiger partial charge is 0.314 e. The van der Waals surface area contributed by atoms with Crippen molar-refractivity contribution in [1.29, 1.82) is 0 Å². The first-order valence-electron chi connectivity index (χ1n) is 5.54. The molecule has 0 aliphatic heterocycles. The van der Waals surface area contributed by atoms with Gasteiger partial charge in [-0.15, -0.1) is 0 Å². The zero-order valence-corrected chi connectivity index (χ0v) is 9.18. The number of hydrogen-bond donors (Lipinski definition) is 3. The van der Waals surface area contributed by atoms with E-state index >= 15 is 0 Å². The first-order chi connectivity index (χ1) is 8.12. The number of fused-ring (bicyclic) bond motifs is 1. The summed E-state index contributed by atoms with van der Waals surface area (Å²) in [5.41, 5.74) is 7.45. The van der Waals surface area contributed by atoms with E-state index in [4.69, 9.17) is 5.73 Å². The van der Waals surface area contributed by atoms with Gasteiger partial charge < -0.3 is 15.8 Å². The SMILES string of the molecule is NC1CC(C(=O)O)(c2ccc3nc[nH]c3c2)C1. The molecule has 2 aromatic rings. The molecule has 5 nitrogen and oxygen atoms in total. The lowest BCUT2D eigenvalue weighted by molar-refractivity contribution is -0.148. The van der Waals surface area contributed by atoms with Crippen molar-refractivity contribution in [2.24, 2.45) is 5.73 Å². The van der Waals surface area contributed by atoms with Gasteiger partial charge in [-0.25, -0.2) is 4.98 Å². The Morgan fingerprint density at radius 2 is 2.29 bits per heavy atom. The van der Waals surface area contributed by atoms with E-state index < -0.39 is 11.4 Å². The van der Waals surface area contributed by atoms with Crippen LogP contribution < -0.4 is 5.73 Å². The molecular formula is C12H13N3O2. The van der Waals surface area contributed by atoms with Crippen molar-refractivity contribution < 1.29 is 9.90 Å². The van der Waals surface area contributed by atoms with Crippen molar-refractivity contribution in [2.75, 3.05) is 0 Å². The fourth-order valence-electron chi connectivity index (χ4n) is 2.60. The third-order valence-corrected chi connectivity index (χ3v) is 3.60. The van der Waals surface area contributed by atoms with Crippen LogP contribution >= 0.6 is 0 Å². The van der Waals surface area contributed by atoms with Crippen LogP contribution in [0, 0.1) is 0 Å². The molecule has 1 aromatic heterocycles. The largest absolute Gasteiger partial charge is 0.481 e. The first kappa shape index (κ1) is 10.3. The summed E-state index contributed by atoms with van der Waals surface area (Å²) >= 11 is 0. The molecule has 5 heteroatoms. The van der Waals surface area contributed by atoms with Crippen molar-refractivity contribution in [3.8, 4) is 0 Å². The zero-order valence-electron chi connectivity index (χ0n) is 9.18. The number of nitrogens with one attached hydrogen (secondary N) is 1. The summed E-state index contributed by atoms with van der Waals surface area (Å²) in [6.45, 7) is 0. The van der Waals surface area contributed by atoms with E-state index in [9.17, 15) is 9.90 Å². The number of aromatic amines is 1. The fraction of sp³-hybridized carbons (Fsp3) is 0.333. The number of carboxylic acid groups (broad SMARTS) is 1. The Hall–Kier alpha value is -1.88. The third-order valence-electron chi connectivity index (χ3n) is 3.60. The summed E-state index contributed by atoms with van der Waals surface area (Å²) in [4.78, 5) is 18.6. The standard InChI is InChI=1S/C12H13N3O2/c13-8-4-12(5-8,11(16)17)7-1-2-9-10(3-7)15-6-14-9/h1-3,6,8H,4-5,13H2,(H,14,15)(H,16,17). The highest BCUT2D eigenvalue weighted by molar-refractivity contribution is 5.85. The van der Waals surface area contributed by atoms with E-state index in [-0.39, 0.29) is 6.04 Å². The molecule has 0 atom stereocenters. The molecule has 88 valence electrons. The van der Waals surface area contributed by atoms with Gasteiger partial charge in [-0.3, -0.25) is 4.79 Å². The molecule has 0 amide bonds. The van der Waals surface area contributed by atoms with Gasteiger partial charge in [0.25, 0.3) is 0 Å². The average Bonchev–Trinajstić information content (AvgIpc) is 2.70. The molecule has 4 N–H and O–H groups in total. The highest BCUT2D eigenvalue weighted by atomic mass is 16.4. The number of nitrogens with two attached hydrogens (primary N) is 1. The van der Waals surface area contributed by atoms with Crippen LogP contribution in [0.3, 0.4) is 0 Å². The number of H-pyrrole nitrogens is 1. The second-order valence-electron chi connectivity index (χ2n) is 4.69. The number of carbonyl (C=O) groups is 1. The highest BCUT2D eigenvalue weighted by Gasteiger charge is 2.50. The number of imidazole rings is 1.